The van der Waals surface area contributed by atoms with Crippen LogP contribution in [0.2, 0.25) is 5.02 Å². The molecular weight excluding hydrogens is 624 g/mol. The van der Waals surface area contributed by atoms with Gasteiger partial charge in [-0.2, -0.15) is 0 Å². The molecule has 2 aromatic rings. The van der Waals surface area contributed by atoms with Crippen molar-refractivity contribution < 1.29 is 32.4 Å². The van der Waals surface area contributed by atoms with Crippen LogP contribution >= 0.6 is 11.6 Å². The first-order chi connectivity index (χ1) is 20.8. The van der Waals surface area contributed by atoms with Crippen molar-refractivity contribution in [3.05, 3.63) is 58.6 Å². The van der Waals surface area contributed by atoms with Gasteiger partial charge < -0.3 is 27.0 Å². The second-order valence-electron chi connectivity index (χ2n) is 11.8. The van der Waals surface area contributed by atoms with E-state index in [-0.39, 0.29) is 51.8 Å². The van der Waals surface area contributed by atoms with E-state index in [2.05, 4.69) is 21.3 Å². The summed E-state index contributed by atoms with van der Waals surface area (Å²) in [4.78, 5) is 62.7. The third kappa shape index (κ3) is 11.5. The molecule has 0 unspecified atom stereocenters. The number of benzene rings is 2. The summed E-state index contributed by atoms with van der Waals surface area (Å²) < 4.78 is 25.2. The molecule has 15 heteroatoms. The van der Waals surface area contributed by atoms with Crippen molar-refractivity contribution >= 4 is 56.7 Å². The number of hydrogen-bond acceptors (Lipinski definition) is 7. The number of nitrogens with zero attached hydrogens (tertiary/aromatic N) is 1. The highest BCUT2D eigenvalue weighted by Gasteiger charge is 2.30. The molecule has 0 heterocycles. The number of carbonyl (C=O) groups is 5. The van der Waals surface area contributed by atoms with Gasteiger partial charge in [0.25, 0.3) is 5.91 Å². The Morgan fingerprint density at radius 1 is 0.933 bits per heavy atom. The van der Waals surface area contributed by atoms with E-state index in [1.807, 2.05) is 6.07 Å². The third-order valence-electron chi connectivity index (χ3n) is 6.67. The quantitative estimate of drug-likeness (QED) is 0.171. The Balaban J connectivity index is 2.10. The van der Waals surface area contributed by atoms with Crippen LogP contribution in [0.15, 0.2) is 47.4 Å². The summed E-state index contributed by atoms with van der Waals surface area (Å²) in [5.41, 5.74) is 6.18. The first-order valence-corrected chi connectivity index (χ1v) is 16.4. The fraction of sp³-hybridized carbons (Fsp3) is 0.433. The first-order valence-electron chi connectivity index (χ1n) is 14.1. The van der Waals surface area contributed by atoms with Gasteiger partial charge in [-0.05, 0) is 17.5 Å². The molecule has 0 saturated carbocycles. The smallest absolute Gasteiger partial charge is 0.253 e. The fourth-order valence-electron chi connectivity index (χ4n) is 4.32. The van der Waals surface area contributed by atoms with Crippen LogP contribution in [-0.2, 0) is 35.4 Å². The Morgan fingerprint density at radius 2 is 1.56 bits per heavy atom. The lowest BCUT2D eigenvalue weighted by molar-refractivity contribution is -0.130. The molecule has 2 aromatic carbocycles. The molecule has 0 saturated heterocycles. The number of rotatable bonds is 15. The van der Waals surface area contributed by atoms with E-state index >= 15 is 0 Å². The van der Waals surface area contributed by atoms with Crippen LogP contribution in [0.3, 0.4) is 0 Å². The molecule has 6 N–H and O–H groups in total. The second-order valence-corrected chi connectivity index (χ2v) is 14.2. The average Bonchev–Trinajstić information content (AvgIpc) is 2.93. The highest BCUT2D eigenvalue weighted by molar-refractivity contribution is 7.90. The van der Waals surface area contributed by atoms with Crippen molar-refractivity contribution in [1.82, 2.24) is 25.8 Å². The van der Waals surface area contributed by atoms with Gasteiger partial charge in [0.05, 0.1) is 38.3 Å². The van der Waals surface area contributed by atoms with Gasteiger partial charge in [-0.1, -0.05) is 55.8 Å². The number of nitrogens with one attached hydrogen (secondary N) is 4. The monoisotopic (exact) mass is 665 g/mol. The number of amides is 5. The molecule has 246 valence electrons. The summed E-state index contributed by atoms with van der Waals surface area (Å²) in [5.74, 6) is -3.56. The number of carbonyl (C=O) groups excluding carboxylic acids is 5. The van der Waals surface area contributed by atoms with Crippen LogP contribution in [-0.4, -0.2) is 90.5 Å². The molecular formula is C30H42ClN6O7S+. The normalized spacial score (nSPS) is 13.0. The molecule has 0 spiro atoms. The van der Waals surface area contributed by atoms with E-state index < -0.39 is 51.5 Å². The molecule has 0 aliphatic heterocycles. The van der Waals surface area contributed by atoms with Crippen LogP contribution < -0.4 is 31.5 Å². The molecule has 0 aliphatic rings. The topological polar surface area (TPSA) is 194 Å². The van der Waals surface area contributed by atoms with E-state index in [0.29, 0.717) is 5.69 Å². The summed E-state index contributed by atoms with van der Waals surface area (Å²) >= 11 is 6.40. The van der Waals surface area contributed by atoms with Gasteiger partial charge in [0, 0.05) is 31.7 Å². The van der Waals surface area contributed by atoms with E-state index in [4.69, 9.17) is 17.3 Å². The van der Waals surface area contributed by atoms with Crippen LogP contribution in [0.1, 0.15) is 36.2 Å². The van der Waals surface area contributed by atoms with Crippen molar-refractivity contribution in [2.45, 2.75) is 43.7 Å². The molecule has 0 aliphatic carbocycles. The van der Waals surface area contributed by atoms with Crippen molar-refractivity contribution in [3.63, 3.8) is 0 Å². The number of quaternary nitrogens is 1. The van der Waals surface area contributed by atoms with Crippen molar-refractivity contribution in [3.8, 4) is 0 Å². The van der Waals surface area contributed by atoms with Gasteiger partial charge in [-0.25, -0.2) is 8.42 Å². The Morgan fingerprint density at radius 3 is 2.09 bits per heavy atom. The highest BCUT2D eigenvalue weighted by Crippen LogP contribution is 2.33. The molecule has 2 atom stereocenters. The average molecular weight is 666 g/mol. The molecule has 0 bridgehead atoms. The van der Waals surface area contributed by atoms with Crippen LogP contribution in [0, 0.1) is 5.92 Å². The molecule has 5 amide bonds. The van der Waals surface area contributed by atoms with Gasteiger partial charge >= 0.3 is 0 Å². The first kappa shape index (κ1) is 37.2. The van der Waals surface area contributed by atoms with E-state index in [9.17, 15) is 32.4 Å². The van der Waals surface area contributed by atoms with Gasteiger partial charge in [-0.15, -0.1) is 0 Å². The van der Waals surface area contributed by atoms with E-state index in [1.165, 1.54) is 12.1 Å². The zero-order valence-corrected chi connectivity index (χ0v) is 27.8. The van der Waals surface area contributed by atoms with Crippen molar-refractivity contribution in [2.24, 2.45) is 11.7 Å². The number of hydrogen-bond donors (Lipinski definition) is 5. The molecule has 0 aromatic heterocycles. The van der Waals surface area contributed by atoms with Crippen LogP contribution in [0.5, 0.6) is 0 Å². The molecule has 0 radical (unpaired) electrons. The van der Waals surface area contributed by atoms with Gasteiger partial charge in [0.2, 0.25) is 23.6 Å². The minimum Gasteiger partial charge on any atom is -0.368 e. The molecule has 0 fully saturated rings. The maximum absolute atomic E-state index is 13.2. The number of halogens is 1. The lowest BCUT2D eigenvalue weighted by Gasteiger charge is -2.26. The lowest BCUT2D eigenvalue weighted by atomic mass is 10.0. The van der Waals surface area contributed by atoms with Gasteiger partial charge in [0.15, 0.2) is 15.5 Å². The minimum absolute atomic E-state index is 0.0208. The summed E-state index contributed by atoms with van der Waals surface area (Å²) in [6.45, 7) is 2.92. The van der Waals surface area contributed by atoms with Crippen LogP contribution in [0.25, 0.3) is 0 Å². The predicted octanol–water partition coefficient (Wildman–Crippen LogP) is 0.530. The molecule has 45 heavy (non-hydrogen) atoms. The Bertz CT molecular complexity index is 1530. The number of sulfone groups is 1. The van der Waals surface area contributed by atoms with Crippen molar-refractivity contribution in [2.75, 3.05) is 40.5 Å². The van der Waals surface area contributed by atoms with Gasteiger partial charge in [0.1, 0.15) is 17.0 Å². The molecule has 13 nitrogen and oxygen atoms in total. The Hall–Kier alpha value is -4.01. The standard InChI is InChI=1S/C30H41ClN6O7S/c1-18(2)27(36-28(40)20-15-24(45(6,43)44)23(16-21(20)31)37(3,4)5)30(42)33-13-12-26(39)35-22(29(41)34-17-25(32)38)14-19-10-8-7-9-11-19/h7-11,15-16,18,22,27H,12-14,17H2,1-6H3,(H5-,32,33,34,35,36,38,39,40,41,42)/p+1/t22-,27-/m0/s1. The maximum Gasteiger partial charge on any atom is 0.253 e. The number of primary amides is 1. The van der Waals surface area contributed by atoms with Crippen LogP contribution in [0.4, 0.5) is 5.69 Å². The predicted molar refractivity (Wildman–Crippen MR) is 172 cm³/mol. The minimum atomic E-state index is -3.73. The summed E-state index contributed by atoms with van der Waals surface area (Å²) in [7, 11) is 1.57. The van der Waals surface area contributed by atoms with E-state index in [0.717, 1.165) is 11.8 Å². The SMILES string of the molecule is CC(C)[C@H](NC(=O)c1cc(S(C)(=O)=O)c([N+](C)(C)C)cc1Cl)C(=O)NCCC(=O)N[C@@H](Cc1ccccc1)C(=O)NCC(N)=O. The fourth-order valence-corrected chi connectivity index (χ4v) is 5.61. The zero-order valence-electron chi connectivity index (χ0n) is 26.3. The second kappa shape index (κ2) is 15.8. The zero-order chi connectivity index (χ0) is 34.1. The summed E-state index contributed by atoms with van der Waals surface area (Å²) in [6, 6.07) is 9.55. The van der Waals surface area contributed by atoms with Gasteiger partial charge in [-0.3, -0.25) is 28.5 Å². The highest BCUT2D eigenvalue weighted by atomic mass is 35.5. The maximum atomic E-state index is 13.2. The van der Waals surface area contributed by atoms with E-state index in [1.54, 1.807) is 59.3 Å². The van der Waals surface area contributed by atoms with Crippen molar-refractivity contribution in [1.29, 1.82) is 0 Å². The Labute approximate surface area is 268 Å². The Kier molecular flexibility index (Phi) is 13.1. The lowest BCUT2D eigenvalue weighted by Crippen LogP contribution is -2.51. The summed E-state index contributed by atoms with van der Waals surface area (Å²) in [6.07, 6.45) is 1.01. The molecule has 2 rings (SSSR count). The third-order valence-corrected chi connectivity index (χ3v) is 8.11. The number of nitrogens with two attached hydrogens (primary N) is 1. The largest absolute Gasteiger partial charge is 0.368 e. The summed E-state index contributed by atoms with van der Waals surface area (Å²) in [5, 5.41) is 10.3.